The molecule has 0 fully saturated rings. The summed E-state index contributed by atoms with van der Waals surface area (Å²) in [6.07, 6.45) is 1.74. The second-order valence-corrected chi connectivity index (χ2v) is 4.86. The third-order valence-corrected chi connectivity index (χ3v) is 3.46. The number of fused-ring (bicyclic) bond motifs is 1. The van der Waals surface area contributed by atoms with Crippen molar-refractivity contribution in [3.8, 4) is 0 Å². The van der Waals surface area contributed by atoms with Crippen molar-refractivity contribution in [2.24, 2.45) is 0 Å². The maximum absolute atomic E-state index is 12.6. The van der Waals surface area contributed by atoms with E-state index in [1.165, 1.54) is 5.56 Å². The first-order chi connectivity index (χ1) is 9.70. The smallest absolute Gasteiger partial charge is 0.209 e. The number of carbonyl (C=O) groups is 1. The van der Waals surface area contributed by atoms with Gasteiger partial charge in [0.15, 0.2) is 0 Å². The van der Waals surface area contributed by atoms with Gasteiger partial charge in [0.2, 0.25) is 5.78 Å². The number of aromatic amines is 1. The number of hydrogen-bond acceptors (Lipinski definition) is 1. The first-order valence-corrected chi connectivity index (χ1v) is 6.55. The van der Waals surface area contributed by atoms with Crippen LogP contribution in [0.15, 0.2) is 55.1 Å². The molecule has 0 saturated carbocycles. The molecule has 0 aliphatic heterocycles. The molecule has 20 heavy (non-hydrogen) atoms. The van der Waals surface area contributed by atoms with Gasteiger partial charge in [-0.05, 0) is 19.1 Å². The van der Waals surface area contributed by atoms with E-state index in [1.807, 2.05) is 49.4 Å². The van der Waals surface area contributed by atoms with Gasteiger partial charge in [0, 0.05) is 22.0 Å². The third-order valence-electron chi connectivity index (χ3n) is 3.46. The largest absolute Gasteiger partial charge is 0.351 e. The Bertz CT molecular complexity index is 797. The second-order valence-electron chi connectivity index (χ2n) is 4.86. The van der Waals surface area contributed by atoms with Gasteiger partial charge >= 0.3 is 0 Å². The predicted octanol–water partition coefficient (Wildman–Crippen LogP) is 4.35. The van der Waals surface area contributed by atoms with Crippen LogP contribution >= 0.6 is 0 Å². The normalized spacial score (nSPS) is 10.7. The zero-order chi connectivity index (χ0) is 14.1. The lowest BCUT2D eigenvalue weighted by Gasteiger charge is -2.00. The summed E-state index contributed by atoms with van der Waals surface area (Å²) in [5.41, 5.74) is 4.28. The van der Waals surface area contributed by atoms with Crippen molar-refractivity contribution < 1.29 is 4.79 Å². The van der Waals surface area contributed by atoms with Crippen molar-refractivity contribution in [3.63, 3.8) is 0 Å². The summed E-state index contributed by atoms with van der Waals surface area (Å²) in [6, 6.07) is 15.4. The van der Waals surface area contributed by atoms with Crippen molar-refractivity contribution in [2.45, 2.75) is 6.92 Å². The van der Waals surface area contributed by atoms with Gasteiger partial charge in [-0.3, -0.25) is 4.79 Å². The molecule has 0 unspecified atom stereocenters. The molecule has 3 rings (SSSR count). The summed E-state index contributed by atoms with van der Waals surface area (Å²) >= 11 is 0. The van der Waals surface area contributed by atoms with Gasteiger partial charge < -0.3 is 4.98 Å². The van der Waals surface area contributed by atoms with Crippen molar-refractivity contribution >= 4 is 22.8 Å². The molecule has 0 aliphatic rings. The Hall–Kier alpha value is -2.61. The summed E-state index contributed by atoms with van der Waals surface area (Å²) in [4.78, 5) is 15.8. The number of rotatable bonds is 3. The van der Waals surface area contributed by atoms with E-state index in [9.17, 15) is 4.79 Å². The van der Waals surface area contributed by atoms with Crippen LogP contribution in [-0.4, -0.2) is 10.8 Å². The molecule has 2 nitrogen and oxygen atoms in total. The average Bonchev–Trinajstić information content (AvgIpc) is 2.85. The van der Waals surface area contributed by atoms with Gasteiger partial charge in [0.1, 0.15) is 0 Å². The minimum atomic E-state index is -0.00523. The maximum Gasteiger partial charge on any atom is 0.209 e. The van der Waals surface area contributed by atoms with Crippen LogP contribution in [0.25, 0.3) is 17.0 Å². The number of carbonyl (C=O) groups excluding carboxylic acids is 1. The minimum Gasteiger partial charge on any atom is -0.351 e. The van der Waals surface area contributed by atoms with E-state index in [1.54, 1.807) is 6.08 Å². The van der Waals surface area contributed by atoms with Crippen LogP contribution in [0.5, 0.6) is 0 Å². The lowest BCUT2D eigenvalue weighted by molar-refractivity contribution is 0.103. The van der Waals surface area contributed by atoms with Gasteiger partial charge in [-0.25, -0.2) is 0 Å². The van der Waals surface area contributed by atoms with Crippen molar-refractivity contribution in [1.29, 1.82) is 0 Å². The fourth-order valence-corrected chi connectivity index (χ4v) is 2.45. The Morgan fingerprint density at radius 2 is 1.90 bits per heavy atom. The summed E-state index contributed by atoms with van der Waals surface area (Å²) in [5.74, 6) is -0.00523. The van der Waals surface area contributed by atoms with Gasteiger partial charge in [-0.1, -0.05) is 54.6 Å². The molecule has 2 heteroatoms. The van der Waals surface area contributed by atoms with Crippen molar-refractivity contribution in [1.82, 2.24) is 4.98 Å². The Morgan fingerprint density at radius 3 is 2.60 bits per heavy atom. The molecule has 1 heterocycles. The van der Waals surface area contributed by atoms with E-state index < -0.39 is 0 Å². The molecule has 1 aromatic heterocycles. The molecule has 0 atom stereocenters. The van der Waals surface area contributed by atoms with Gasteiger partial charge in [-0.15, -0.1) is 0 Å². The Labute approximate surface area is 117 Å². The number of benzene rings is 2. The van der Waals surface area contributed by atoms with Gasteiger partial charge in [-0.2, -0.15) is 0 Å². The summed E-state index contributed by atoms with van der Waals surface area (Å²) < 4.78 is 0. The lowest BCUT2D eigenvalue weighted by atomic mass is 10.0. The molecule has 3 aromatic rings. The fourth-order valence-electron chi connectivity index (χ4n) is 2.45. The first-order valence-electron chi connectivity index (χ1n) is 6.55. The Kier molecular flexibility index (Phi) is 2.99. The molecular formula is C18H15NO. The number of ketones is 1. The summed E-state index contributed by atoms with van der Waals surface area (Å²) in [7, 11) is 0. The molecule has 0 spiro atoms. The molecule has 0 radical (unpaired) electrons. The number of aromatic nitrogens is 1. The summed E-state index contributed by atoms with van der Waals surface area (Å²) in [5, 5.41) is 1.04. The molecule has 2 aromatic carbocycles. The van der Waals surface area contributed by atoms with E-state index in [0.29, 0.717) is 11.3 Å². The molecule has 98 valence electrons. The van der Waals surface area contributed by atoms with Gasteiger partial charge in [0.25, 0.3) is 0 Å². The van der Waals surface area contributed by atoms with Crippen LogP contribution in [0.3, 0.4) is 0 Å². The van der Waals surface area contributed by atoms with E-state index in [4.69, 9.17) is 0 Å². The lowest BCUT2D eigenvalue weighted by Crippen LogP contribution is -2.03. The van der Waals surface area contributed by atoms with E-state index in [0.717, 1.165) is 16.5 Å². The standard InChI is InChI=1S/C18H15NO/c1-3-14-15-11-12(2)9-10-16(15)19-17(14)18(20)13-7-5-4-6-8-13/h3-11,19H,1H2,2H3. The van der Waals surface area contributed by atoms with Gasteiger partial charge in [0.05, 0.1) is 5.69 Å². The predicted molar refractivity (Wildman–Crippen MR) is 83.0 cm³/mol. The van der Waals surface area contributed by atoms with Crippen molar-refractivity contribution in [2.75, 3.05) is 0 Å². The third kappa shape index (κ3) is 1.95. The second kappa shape index (κ2) is 4.82. The molecule has 0 amide bonds. The first kappa shape index (κ1) is 12.4. The monoisotopic (exact) mass is 261 g/mol. The quantitative estimate of drug-likeness (QED) is 0.698. The molecule has 0 bridgehead atoms. The topological polar surface area (TPSA) is 32.9 Å². The number of H-pyrrole nitrogens is 1. The molecule has 0 saturated heterocycles. The molecule has 0 aliphatic carbocycles. The minimum absolute atomic E-state index is 0.00523. The maximum atomic E-state index is 12.6. The van der Waals surface area contributed by atoms with Crippen LogP contribution in [0.2, 0.25) is 0 Å². The highest BCUT2D eigenvalue weighted by Gasteiger charge is 2.17. The van der Waals surface area contributed by atoms with Crippen LogP contribution < -0.4 is 0 Å². The van der Waals surface area contributed by atoms with Crippen LogP contribution in [0.4, 0.5) is 0 Å². The zero-order valence-corrected chi connectivity index (χ0v) is 11.3. The highest BCUT2D eigenvalue weighted by molar-refractivity contribution is 6.13. The van der Waals surface area contributed by atoms with Crippen LogP contribution in [0.1, 0.15) is 27.2 Å². The highest BCUT2D eigenvalue weighted by atomic mass is 16.1. The number of aryl methyl sites for hydroxylation is 1. The summed E-state index contributed by atoms with van der Waals surface area (Å²) in [6.45, 7) is 5.89. The Morgan fingerprint density at radius 1 is 1.15 bits per heavy atom. The van der Waals surface area contributed by atoms with E-state index in [-0.39, 0.29) is 5.78 Å². The van der Waals surface area contributed by atoms with E-state index in [2.05, 4.69) is 17.6 Å². The SMILES string of the molecule is C=Cc1c(C(=O)c2ccccc2)[nH]c2ccc(C)cc12. The number of hydrogen-bond donors (Lipinski definition) is 1. The fraction of sp³-hybridized carbons (Fsp3) is 0.0556. The van der Waals surface area contributed by atoms with Crippen LogP contribution in [-0.2, 0) is 0 Å². The zero-order valence-electron chi connectivity index (χ0n) is 11.3. The average molecular weight is 261 g/mol. The highest BCUT2D eigenvalue weighted by Crippen LogP contribution is 2.26. The van der Waals surface area contributed by atoms with Crippen molar-refractivity contribution in [3.05, 3.63) is 77.5 Å². The van der Waals surface area contributed by atoms with E-state index >= 15 is 0 Å². The molecular weight excluding hydrogens is 246 g/mol. The molecule has 1 N–H and O–H groups in total. The van der Waals surface area contributed by atoms with Crippen LogP contribution in [0, 0.1) is 6.92 Å². The number of nitrogens with one attached hydrogen (secondary N) is 1. The Balaban J connectivity index is 2.21.